The maximum atomic E-state index is 11.9. The average Bonchev–Trinajstić information content (AvgIpc) is 2.85. The van der Waals surface area contributed by atoms with E-state index in [0.29, 0.717) is 13.0 Å². The van der Waals surface area contributed by atoms with Gasteiger partial charge >= 0.3 is 7.82 Å². The van der Waals surface area contributed by atoms with Gasteiger partial charge in [0.1, 0.15) is 0 Å². The lowest BCUT2D eigenvalue weighted by molar-refractivity contribution is 0.0114. The molecule has 1 unspecified atom stereocenters. The van der Waals surface area contributed by atoms with Crippen LogP contribution in [0.2, 0.25) is 0 Å². The Hall–Kier alpha value is -0.230. The zero-order chi connectivity index (χ0) is 26.3. The fourth-order valence-corrected chi connectivity index (χ4v) is 5.51. The minimum absolute atomic E-state index is 0.0830. The molecular formula is C29H58NO5P. The van der Waals surface area contributed by atoms with Gasteiger partial charge in [-0.15, -0.1) is 0 Å². The van der Waals surface area contributed by atoms with E-state index in [4.69, 9.17) is 13.8 Å². The highest BCUT2D eigenvalue weighted by molar-refractivity contribution is 7.47. The lowest BCUT2D eigenvalue weighted by Gasteiger charge is -2.24. The number of hydrogen-bond acceptors (Lipinski definition) is 5. The second-order valence-electron chi connectivity index (χ2n) is 10.8. The molecule has 1 N–H and O–H groups in total. The number of unbranched alkanes of at least 4 members (excludes halogenated alkanes) is 13. The highest BCUT2D eigenvalue weighted by atomic mass is 31.2. The molecule has 0 aromatic heterocycles. The molecular weight excluding hydrogens is 473 g/mol. The zero-order valence-corrected chi connectivity index (χ0v) is 24.8. The first-order valence-corrected chi connectivity index (χ1v) is 16.5. The van der Waals surface area contributed by atoms with Gasteiger partial charge in [-0.25, -0.2) is 4.57 Å². The minimum Gasteiger partial charge on any atom is -0.376 e. The van der Waals surface area contributed by atoms with Crippen LogP contribution in [0.5, 0.6) is 0 Å². The van der Waals surface area contributed by atoms with Crippen LogP contribution in [0.1, 0.15) is 129 Å². The van der Waals surface area contributed by atoms with Crippen molar-refractivity contribution in [3.63, 3.8) is 0 Å². The number of ether oxygens (including phenoxy) is 1. The Morgan fingerprint density at radius 3 is 1.89 bits per heavy atom. The second kappa shape index (κ2) is 22.7. The Kier molecular flexibility index (Phi) is 21.3. The van der Waals surface area contributed by atoms with Gasteiger partial charge in [0.15, 0.2) is 0 Å². The normalized spacial score (nSPS) is 18.0. The Morgan fingerprint density at radius 2 is 1.33 bits per heavy atom. The maximum Gasteiger partial charge on any atom is 0.472 e. The van der Waals surface area contributed by atoms with E-state index in [2.05, 4.69) is 13.0 Å². The summed E-state index contributed by atoms with van der Waals surface area (Å²) in [5.41, 5.74) is 1.58. The third-order valence-electron chi connectivity index (χ3n) is 7.01. The number of rotatable bonds is 24. The largest absolute Gasteiger partial charge is 0.472 e. The van der Waals surface area contributed by atoms with E-state index in [1.807, 2.05) is 19.0 Å². The molecule has 1 fully saturated rings. The molecule has 1 aliphatic rings. The SMILES string of the molecule is CCCCCCCCCCCCCCCC=C1CCC(OCCOP(=O)(O)OCCCN(C)C)CC1. The Labute approximate surface area is 223 Å². The van der Waals surface area contributed by atoms with E-state index in [0.717, 1.165) is 32.2 Å². The molecule has 7 heteroatoms. The van der Waals surface area contributed by atoms with Gasteiger partial charge in [-0.3, -0.25) is 9.05 Å². The lowest BCUT2D eigenvalue weighted by atomic mass is 9.91. The first-order valence-electron chi connectivity index (χ1n) is 15.0. The predicted octanol–water partition coefficient (Wildman–Crippen LogP) is 8.44. The van der Waals surface area contributed by atoms with Gasteiger partial charge in [-0.2, -0.15) is 0 Å². The Morgan fingerprint density at radius 1 is 0.806 bits per heavy atom. The first-order chi connectivity index (χ1) is 17.4. The summed E-state index contributed by atoms with van der Waals surface area (Å²) in [7, 11) is -0.0639. The van der Waals surface area contributed by atoms with Gasteiger partial charge in [0.25, 0.3) is 0 Å². The molecule has 1 saturated carbocycles. The van der Waals surface area contributed by atoms with Gasteiger partial charge in [-0.05, 0) is 65.6 Å². The fraction of sp³-hybridized carbons (Fsp3) is 0.931. The first kappa shape index (κ1) is 33.8. The molecule has 0 aliphatic heterocycles. The second-order valence-corrected chi connectivity index (χ2v) is 12.2. The van der Waals surface area contributed by atoms with Crippen molar-refractivity contribution in [3.05, 3.63) is 11.6 Å². The summed E-state index contributed by atoms with van der Waals surface area (Å²) in [5, 5.41) is 0. The molecule has 0 aromatic carbocycles. The van der Waals surface area contributed by atoms with Crippen molar-refractivity contribution in [2.24, 2.45) is 0 Å². The van der Waals surface area contributed by atoms with Gasteiger partial charge in [0.2, 0.25) is 0 Å². The van der Waals surface area contributed by atoms with Crippen LogP contribution in [-0.4, -0.2) is 56.4 Å². The summed E-state index contributed by atoms with van der Waals surface area (Å²) in [4.78, 5) is 11.7. The third kappa shape index (κ3) is 20.8. The van der Waals surface area contributed by atoms with Crippen LogP contribution in [0.15, 0.2) is 11.6 Å². The predicted molar refractivity (Wildman–Crippen MR) is 152 cm³/mol. The average molecular weight is 532 g/mol. The maximum absolute atomic E-state index is 11.9. The van der Waals surface area contributed by atoms with Crippen molar-refractivity contribution >= 4 is 7.82 Å². The van der Waals surface area contributed by atoms with Crippen molar-refractivity contribution < 1.29 is 23.2 Å². The minimum atomic E-state index is -3.97. The van der Waals surface area contributed by atoms with Crippen molar-refractivity contribution in [1.29, 1.82) is 0 Å². The summed E-state index contributed by atoms with van der Waals surface area (Å²) in [6.45, 7) is 3.71. The van der Waals surface area contributed by atoms with Crippen LogP contribution in [0.25, 0.3) is 0 Å². The molecule has 1 aliphatic carbocycles. The van der Waals surface area contributed by atoms with Crippen LogP contribution < -0.4 is 0 Å². The molecule has 214 valence electrons. The van der Waals surface area contributed by atoms with E-state index in [1.54, 1.807) is 5.57 Å². The summed E-state index contributed by atoms with van der Waals surface area (Å²) < 4.78 is 27.7. The van der Waals surface area contributed by atoms with E-state index in [9.17, 15) is 9.46 Å². The number of phosphoric acid groups is 1. The summed E-state index contributed by atoms with van der Waals surface area (Å²) in [6.07, 6.45) is 27.1. The van der Waals surface area contributed by atoms with Crippen LogP contribution in [0.3, 0.4) is 0 Å². The van der Waals surface area contributed by atoms with E-state index >= 15 is 0 Å². The Bertz CT molecular complexity index is 574. The van der Waals surface area contributed by atoms with Crippen molar-refractivity contribution in [3.8, 4) is 0 Å². The number of phosphoric ester groups is 1. The summed E-state index contributed by atoms with van der Waals surface area (Å²) >= 11 is 0. The van der Waals surface area contributed by atoms with Crippen molar-refractivity contribution in [2.75, 3.05) is 40.5 Å². The molecule has 0 spiro atoms. The smallest absolute Gasteiger partial charge is 0.376 e. The van der Waals surface area contributed by atoms with E-state index in [-0.39, 0.29) is 19.3 Å². The number of hydrogen-bond donors (Lipinski definition) is 1. The van der Waals surface area contributed by atoms with Crippen molar-refractivity contribution in [1.82, 2.24) is 4.90 Å². The van der Waals surface area contributed by atoms with E-state index in [1.165, 1.54) is 89.9 Å². The quantitative estimate of drug-likeness (QED) is 0.0766. The van der Waals surface area contributed by atoms with Gasteiger partial charge in [0, 0.05) is 0 Å². The molecule has 0 heterocycles. The van der Waals surface area contributed by atoms with E-state index < -0.39 is 7.82 Å². The zero-order valence-electron chi connectivity index (χ0n) is 23.9. The monoisotopic (exact) mass is 531 g/mol. The van der Waals surface area contributed by atoms with Crippen molar-refractivity contribution in [2.45, 2.75) is 135 Å². The van der Waals surface area contributed by atoms with Crippen LogP contribution in [-0.2, 0) is 18.3 Å². The van der Waals surface area contributed by atoms with Gasteiger partial charge in [0.05, 0.1) is 25.9 Å². The van der Waals surface area contributed by atoms with Crippen LogP contribution in [0.4, 0.5) is 0 Å². The standard InChI is InChI=1S/C29H58NO5P/c1-4-5-6-7-8-9-10-11-12-13-14-15-16-17-19-28-20-22-29(23-21-28)33-26-27-35-36(31,32)34-25-18-24-30(2)3/h19,29H,4-18,20-27H2,1-3H3,(H,31,32). The van der Waals surface area contributed by atoms with Gasteiger partial charge in [-0.1, -0.05) is 95.6 Å². The highest BCUT2D eigenvalue weighted by Gasteiger charge is 2.21. The lowest BCUT2D eigenvalue weighted by Crippen LogP contribution is -2.20. The fourth-order valence-electron chi connectivity index (χ4n) is 4.77. The molecule has 1 rings (SSSR count). The molecule has 1 atom stereocenters. The molecule has 36 heavy (non-hydrogen) atoms. The molecule has 6 nitrogen and oxygen atoms in total. The van der Waals surface area contributed by atoms with Crippen LogP contribution >= 0.6 is 7.82 Å². The highest BCUT2D eigenvalue weighted by Crippen LogP contribution is 2.43. The summed E-state index contributed by atoms with van der Waals surface area (Å²) in [5.74, 6) is 0. The molecule has 0 saturated heterocycles. The molecule has 0 amide bonds. The molecule has 0 aromatic rings. The molecule has 0 bridgehead atoms. The molecule has 0 radical (unpaired) electrons. The number of allylic oxidation sites excluding steroid dienone is 2. The topological polar surface area (TPSA) is 68.2 Å². The van der Waals surface area contributed by atoms with Crippen LogP contribution in [0, 0.1) is 0 Å². The Balaban J connectivity index is 1.92. The number of nitrogens with zero attached hydrogens (tertiary/aromatic N) is 1. The summed E-state index contributed by atoms with van der Waals surface area (Å²) in [6, 6.07) is 0. The van der Waals surface area contributed by atoms with Gasteiger partial charge < -0.3 is 14.5 Å². The third-order valence-corrected chi connectivity index (χ3v) is 8.03.